The minimum absolute atomic E-state index is 0.00810. The van der Waals surface area contributed by atoms with Crippen molar-refractivity contribution in [3.05, 3.63) is 327 Å². The lowest BCUT2D eigenvalue weighted by Crippen LogP contribution is -2.41. The monoisotopic (exact) mass is 2200 g/mol. The molecule has 13 aromatic rings. The molecule has 0 saturated carbocycles. The SMILES string of the molecule is Brc1ccc(Br)nc1.COc1ccc(CN2Cc3nc(-c4c(F)cccc4F)cc(Cc4ccc(N5CCOCC5=O)cn4)c3C2=O)c(OC)c1.COc1ccc(CN2Cc3nc(-c4c(F)cccc4F)cc(Cl)c3C2=O)c(OC)c1.Nc1ccc(N2CCOCC2=O)cn1.O=C1COCCN1.O=C1COCCN1c1ccc([N+](=O)[O-])nc1.O=C1NCc2nc(-c3c(F)cccc3F)cc(Cc3ccc(N4CCOCC4=O)cn3)c21. The number of fused-ring (bicyclic) bond motifs is 3. The molecule has 0 atom stereocenters. The smallest absolute Gasteiger partial charge is 0.363 e. The Morgan fingerprint density at radius 1 is 0.420 bits per heavy atom. The van der Waals surface area contributed by atoms with Gasteiger partial charge in [0.15, 0.2) is 6.20 Å². The van der Waals surface area contributed by atoms with Gasteiger partial charge >= 0.3 is 5.82 Å². The second-order valence-electron chi connectivity index (χ2n) is 33.5. The van der Waals surface area contributed by atoms with Crippen molar-refractivity contribution in [1.82, 2.24) is 60.3 Å². The number of carbonyl (C=O) groups is 8. The van der Waals surface area contributed by atoms with Crippen LogP contribution in [0.25, 0.3) is 33.8 Å². The van der Waals surface area contributed by atoms with Gasteiger partial charge in [-0.3, -0.25) is 48.3 Å². The van der Waals surface area contributed by atoms with Crippen molar-refractivity contribution >= 4 is 125 Å². The van der Waals surface area contributed by atoms with Crippen molar-refractivity contribution in [2.24, 2.45) is 0 Å². The first kappa shape index (κ1) is 108. The van der Waals surface area contributed by atoms with E-state index in [1.54, 1.807) is 137 Å². The molecule has 8 amide bonds. The Bertz CT molecular complexity index is 7110. The van der Waals surface area contributed by atoms with Crippen LogP contribution < -0.4 is 54.9 Å². The Balaban J connectivity index is 0.000000141. The fraction of sp³-hybridized carbons (Fsp3) is 0.250. The van der Waals surface area contributed by atoms with Crippen molar-refractivity contribution in [2.45, 2.75) is 45.6 Å². The lowest BCUT2D eigenvalue weighted by atomic mass is 9.98. The summed E-state index contributed by atoms with van der Waals surface area (Å²) in [6, 6.07) is 43.1. The Kier molecular flexibility index (Phi) is 36.6. The maximum atomic E-state index is 14.9. The van der Waals surface area contributed by atoms with Crippen LogP contribution in [0.4, 0.5) is 60.7 Å². The highest BCUT2D eigenvalue weighted by Gasteiger charge is 2.38. The van der Waals surface area contributed by atoms with E-state index in [4.69, 9.17) is 60.0 Å². The van der Waals surface area contributed by atoms with Crippen LogP contribution in [-0.2, 0) is 93.2 Å². The second kappa shape index (κ2) is 50.7. The molecule has 21 rings (SSSR count). The molecular weight excluding hydrogens is 2110 g/mol. The molecule has 0 bridgehead atoms. The Labute approximate surface area is 874 Å². The van der Waals surface area contributed by atoms with Crippen molar-refractivity contribution in [3.8, 4) is 56.8 Å². The maximum Gasteiger partial charge on any atom is 0.363 e. The average Bonchev–Trinajstić information content (AvgIpc) is 1.60. The molecule has 5 saturated heterocycles. The first-order valence-corrected chi connectivity index (χ1v) is 48.1. The largest absolute Gasteiger partial charge is 0.497 e. The molecule has 150 heavy (non-hydrogen) atoms. The number of nitro groups is 1. The third-order valence-corrected chi connectivity index (χ3v) is 25.1. The van der Waals surface area contributed by atoms with E-state index in [1.165, 1.54) is 84.9 Å². The summed E-state index contributed by atoms with van der Waals surface area (Å²) in [5, 5.41) is 15.8. The van der Waals surface area contributed by atoms with Gasteiger partial charge in [0.2, 0.25) is 5.91 Å². The number of methoxy groups -OCH3 is 4. The van der Waals surface area contributed by atoms with Crippen molar-refractivity contribution in [1.29, 1.82) is 0 Å². The molecule has 8 aliphatic rings. The lowest BCUT2D eigenvalue weighted by molar-refractivity contribution is -0.389. The molecule has 0 aliphatic carbocycles. The first-order valence-electron chi connectivity index (χ1n) is 46.2. The number of nitrogen functional groups attached to an aromatic ring is 1. The number of amides is 8. The number of nitrogens with two attached hydrogens (primary N) is 1. The van der Waals surface area contributed by atoms with E-state index in [9.17, 15) is 74.8 Å². The molecule has 37 nitrogen and oxygen atoms in total. The van der Waals surface area contributed by atoms with Gasteiger partial charge in [0.1, 0.15) is 101 Å². The Morgan fingerprint density at radius 3 is 1.19 bits per heavy atom. The van der Waals surface area contributed by atoms with E-state index in [2.05, 4.69) is 82.4 Å². The fourth-order valence-corrected chi connectivity index (χ4v) is 17.3. The summed E-state index contributed by atoms with van der Waals surface area (Å²) in [5.41, 5.74) is 13.7. The molecule has 0 spiro atoms. The predicted octanol–water partition coefficient (Wildman–Crippen LogP) is 14.1. The number of hydrogen-bond donors (Lipinski definition) is 3. The van der Waals surface area contributed by atoms with Gasteiger partial charge in [-0.15, -0.1) is 0 Å². The standard InChI is InChI=1S/C32H28F2N4O5.C23H18F2N4O3.C22H17ClF2N2O3.C9H9N3O4.C9H11N3O2.C5H3Br2N.C4H7NO2/c1-41-23-9-6-19(28(14-23)42-2)16-37-17-27-30(32(37)40)20(13-26(36-27)31-24(33)4-3-5-25(31)34)12-21-7-8-22(15-35-21)38-10-11-43-18-29(38)39;24-16-2-1-3-17(25)22(16)18-9-13(21-19(28-18)11-27-23(21)31)8-14-4-5-15(10-26-14)29-6-7-32-12-20(29)30;1-29-13-7-6-12(19(8-13)30-2)10-27-11-18-20(22(27)28)14(23)9-17(26-18)21-15(24)4-3-5-16(21)25;13-9-6-16-4-3-11(9)7-1-2-8(10-5-7)12(14)15;10-8-2-1-7(5-11-8)12-3-4-14-6-9(12)13;6-4-1-2-5(7)8-3-4;6-4-3-7-2-1-5-4/h3-9,13-15H,10-12,16-18H2,1-2H3;1-5,9-10H,6-8,11-12H2,(H,27,31);3-9H,10-11H2,1-2H3;1-2,5H,3-4,6H2;1-2,5H,3-4,6H2,(H2,10,11);1-3H;1-3H2,(H,5,6). The zero-order chi connectivity index (χ0) is 106. The molecular formula is C104H93Br2ClF6N18O19. The summed E-state index contributed by atoms with van der Waals surface area (Å²) >= 11 is 12.8. The third kappa shape index (κ3) is 26.8. The van der Waals surface area contributed by atoms with E-state index < -0.39 is 39.8 Å². The first-order chi connectivity index (χ1) is 72.4. The minimum Gasteiger partial charge on any atom is -0.497 e. The molecule has 16 heterocycles. The number of nitrogens with one attached hydrogen (secondary N) is 2. The number of hydrogen-bond acceptors (Lipinski definition) is 28. The second-order valence-corrected chi connectivity index (χ2v) is 35.6. The Morgan fingerprint density at radius 2 is 0.827 bits per heavy atom. The summed E-state index contributed by atoms with van der Waals surface area (Å²) in [7, 11) is 6.19. The van der Waals surface area contributed by atoms with Crippen LogP contribution in [0.3, 0.4) is 0 Å². The zero-order valence-electron chi connectivity index (χ0n) is 80.6. The van der Waals surface area contributed by atoms with Crippen LogP contribution in [0.2, 0.25) is 5.02 Å². The minimum atomic E-state index is -0.750. The number of anilines is 5. The van der Waals surface area contributed by atoms with Crippen molar-refractivity contribution in [3.63, 3.8) is 0 Å². The zero-order valence-corrected chi connectivity index (χ0v) is 84.5. The molecule has 46 heteroatoms. The van der Waals surface area contributed by atoms with Crippen LogP contribution in [0.1, 0.15) is 81.8 Å². The van der Waals surface area contributed by atoms with E-state index in [0.717, 1.165) is 38.0 Å². The number of aromatic nitrogens is 8. The average molecular weight is 2210 g/mol. The summed E-state index contributed by atoms with van der Waals surface area (Å²) in [5.74, 6) is -3.17. The highest BCUT2D eigenvalue weighted by atomic mass is 79.9. The van der Waals surface area contributed by atoms with Gasteiger partial charge in [0.25, 0.3) is 41.4 Å². The molecule has 776 valence electrons. The van der Waals surface area contributed by atoms with E-state index in [-0.39, 0.29) is 176 Å². The molecule has 5 aromatic carbocycles. The van der Waals surface area contributed by atoms with Gasteiger partial charge in [0, 0.05) is 96.9 Å². The van der Waals surface area contributed by atoms with Crippen LogP contribution in [0.15, 0.2) is 210 Å². The normalized spacial score (nSPS) is 14.9. The van der Waals surface area contributed by atoms with Crippen LogP contribution in [-0.4, -0.2) is 229 Å². The van der Waals surface area contributed by atoms with Gasteiger partial charge in [-0.1, -0.05) is 29.8 Å². The molecule has 8 aliphatic heterocycles. The van der Waals surface area contributed by atoms with Crippen LogP contribution in [0, 0.1) is 45.0 Å². The summed E-state index contributed by atoms with van der Waals surface area (Å²) in [4.78, 5) is 150. The van der Waals surface area contributed by atoms with Gasteiger partial charge in [0.05, 0.1) is 208 Å². The molecule has 0 unspecified atom stereocenters. The number of halogens is 9. The fourth-order valence-electron chi connectivity index (χ4n) is 16.5. The summed E-state index contributed by atoms with van der Waals surface area (Å²) in [6.07, 6.45) is 8.32. The molecule has 5 fully saturated rings. The summed E-state index contributed by atoms with van der Waals surface area (Å²) < 4.78 is 135. The van der Waals surface area contributed by atoms with Crippen molar-refractivity contribution < 1.29 is 112 Å². The summed E-state index contributed by atoms with van der Waals surface area (Å²) in [6.45, 7) is 6.59. The number of rotatable bonds is 20. The van der Waals surface area contributed by atoms with E-state index in [0.29, 0.717) is 162 Å². The van der Waals surface area contributed by atoms with Crippen LogP contribution in [0.5, 0.6) is 23.0 Å². The number of benzene rings is 5. The predicted molar refractivity (Wildman–Crippen MR) is 541 cm³/mol. The van der Waals surface area contributed by atoms with E-state index in [1.807, 2.05) is 24.3 Å². The highest BCUT2D eigenvalue weighted by molar-refractivity contribution is 9.11. The quantitative estimate of drug-likeness (QED) is 0.0276. The highest BCUT2D eigenvalue weighted by Crippen LogP contribution is 2.40. The number of pyridine rings is 8. The van der Waals surface area contributed by atoms with Crippen LogP contribution >= 0.6 is 43.5 Å². The number of nitrogens with zero attached hydrogens (tertiary/aromatic N) is 15. The maximum absolute atomic E-state index is 14.9. The van der Waals surface area contributed by atoms with Gasteiger partial charge < -0.3 is 98.5 Å². The number of carbonyl (C=O) groups excluding carboxylic acids is 8. The van der Waals surface area contributed by atoms with Gasteiger partial charge in [-0.05, 0) is 186 Å². The number of ether oxygens (including phenoxy) is 9. The topological polar surface area (TPSA) is 435 Å². The molecule has 0 radical (unpaired) electrons. The van der Waals surface area contributed by atoms with Gasteiger partial charge in [-0.25, -0.2) is 51.3 Å². The van der Waals surface area contributed by atoms with Crippen molar-refractivity contribution in [2.75, 3.05) is 153 Å². The van der Waals surface area contributed by atoms with E-state index >= 15 is 0 Å². The number of morpholine rings is 5. The molecule has 4 N–H and O–H groups in total. The lowest BCUT2D eigenvalue weighted by Gasteiger charge is -2.26. The van der Waals surface area contributed by atoms with Gasteiger partial charge in [-0.2, -0.15) is 0 Å². The Hall–Kier alpha value is -15.9. The molecule has 8 aromatic heterocycles. The third-order valence-electron chi connectivity index (χ3n) is 23.8.